The van der Waals surface area contributed by atoms with Crippen molar-refractivity contribution in [1.82, 2.24) is 9.80 Å². The zero-order chi connectivity index (χ0) is 28.1. The molecule has 0 spiro atoms. The Hall–Kier alpha value is -4.40. The van der Waals surface area contributed by atoms with E-state index in [0.717, 1.165) is 36.2 Å². The van der Waals surface area contributed by atoms with Gasteiger partial charge in [-0.3, -0.25) is 9.59 Å². The van der Waals surface area contributed by atoms with E-state index in [4.69, 9.17) is 0 Å². The molecule has 4 amide bonds. The number of piperidine rings is 1. The maximum absolute atomic E-state index is 13.7. The summed E-state index contributed by atoms with van der Waals surface area (Å²) in [5.41, 5.74) is 3.97. The van der Waals surface area contributed by atoms with Crippen LogP contribution in [0.2, 0.25) is 0 Å². The lowest BCUT2D eigenvalue weighted by molar-refractivity contribution is 0.0724. The number of likely N-dealkylation sites (tertiary alicyclic amines) is 1. The van der Waals surface area contributed by atoms with E-state index in [1.54, 1.807) is 17.0 Å². The van der Waals surface area contributed by atoms with Crippen molar-refractivity contribution >= 4 is 34.9 Å². The molecule has 0 radical (unpaired) electrons. The quantitative estimate of drug-likeness (QED) is 0.453. The van der Waals surface area contributed by atoms with Crippen LogP contribution in [0.5, 0.6) is 0 Å². The minimum atomic E-state index is -0.414. The van der Waals surface area contributed by atoms with Crippen molar-refractivity contribution in [3.63, 3.8) is 0 Å². The Bertz CT molecular complexity index is 1380. The fourth-order valence-electron chi connectivity index (χ4n) is 5.21. The number of nitrogens with one attached hydrogen (secondary N) is 2. The Balaban J connectivity index is 1.32. The lowest BCUT2D eigenvalue weighted by Gasteiger charge is -2.37. The SMILES string of the molecule is Cc1cccc(NC(=O)N2CCN(c3ccc(NC(=O)c4ccc(F)cc4)cc3C(=O)N3CCCCC3)CC2)c1. The molecule has 2 aliphatic rings. The normalized spacial score (nSPS) is 15.5. The molecule has 3 aromatic rings. The van der Waals surface area contributed by atoms with E-state index < -0.39 is 5.82 Å². The predicted molar refractivity (Wildman–Crippen MR) is 155 cm³/mol. The Morgan fingerprint density at radius 1 is 0.725 bits per heavy atom. The summed E-state index contributed by atoms with van der Waals surface area (Å²) in [4.78, 5) is 45.1. The number of carbonyl (C=O) groups is 3. The molecule has 0 bridgehead atoms. The molecule has 0 atom stereocenters. The highest BCUT2D eigenvalue weighted by Crippen LogP contribution is 2.28. The van der Waals surface area contributed by atoms with Crippen LogP contribution in [0, 0.1) is 12.7 Å². The van der Waals surface area contributed by atoms with Crippen molar-refractivity contribution in [3.8, 4) is 0 Å². The first-order chi connectivity index (χ1) is 19.4. The molecule has 208 valence electrons. The third kappa shape index (κ3) is 6.42. The van der Waals surface area contributed by atoms with Crippen LogP contribution in [-0.2, 0) is 0 Å². The second-order valence-electron chi connectivity index (χ2n) is 10.3. The van der Waals surface area contributed by atoms with Crippen LogP contribution in [0.15, 0.2) is 66.7 Å². The topological polar surface area (TPSA) is 85.0 Å². The van der Waals surface area contributed by atoms with E-state index in [-0.39, 0.29) is 17.8 Å². The van der Waals surface area contributed by atoms with E-state index in [0.29, 0.717) is 56.1 Å². The van der Waals surface area contributed by atoms with Crippen LogP contribution in [0.3, 0.4) is 0 Å². The van der Waals surface area contributed by atoms with Crippen LogP contribution in [0.25, 0.3) is 0 Å². The summed E-state index contributed by atoms with van der Waals surface area (Å²) in [6.45, 7) is 5.56. The first-order valence-corrected chi connectivity index (χ1v) is 13.8. The van der Waals surface area contributed by atoms with Crippen LogP contribution < -0.4 is 15.5 Å². The molecule has 2 saturated heterocycles. The second-order valence-corrected chi connectivity index (χ2v) is 10.3. The molecular formula is C31H34FN5O3. The van der Waals surface area contributed by atoms with E-state index >= 15 is 0 Å². The van der Waals surface area contributed by atoms with Gasteiger partial charge in [0.1, 0.15) is 5.82 Å². The highest BCUT2D eigenvalue weighted by Gasteiger charge is 2.27. The lowest BCUT2D eigenvalue weighted by atomic mass is 10.1. The molecule has 9 heteroatoms. The third-order valence-electron chi connectivity index (χ3n) is 7.41. The lowest BCUT2D eigenvalue weighted by Crippen LogP contribution is -2.50. The number of benzene rings is 3. The molecule has 5 rings (SSSR count). The molecule has 40 heavy (non-hydrogen) atoms. The van der Waals surface area contributed by atoms with Gasteiger partial charge in [0.25, 0.3) is 11.8 Å². The van der Waals surface area contributed by atoms with Crippen LogP contribution >= 0.6 is 0 Å². The van der Waals surface area contributed by atoms with Crippen LogP contribution in [0.1, 0.15) is 45.5 Å². The average Bonchev–Trinajstić information content (AvgIpc) is 2.97. The molecule has 0 unspecified atom stereocenters. The number of halogens is 1. The summed E-state index contributed by atoms with van der Waals surface area (Å²) in [5, 5.41) is 5.81. The molecule has 8 nitrogen and oxygen atoms in total. The maximum atomic E-state index is 13.7. The minimum absolute atomic E-state index is 0.0628. The summed E-state index contributed by atoms with van der Waals surface area (Å²) < 4.78 is 13.3. The molecular weight excluding hydrogens is 509 g/mol. The van der Waals surface area contributed by atoms with E-state index in [1.807, 2.05) is 42.2 Å². The van der Waals surface area contributed by atoms with Gasteiger partial charge in [-0.05, 0) is 86.3 Å². The summed E-state index contributed by atoms with van der Waals surface area (Å²) in [6.07, 6.45) is 3.05. The van der Waals surface area contributed by atoms with Gasteiger partial charge in [-0.25, -0.2) is 9.18 Å². The van der Waals surface area contributed by atoms with Gasteiger partial charge in [0.15, 0.2) is 0 Å². The molecule has 0 aromatic heterocycles. The van der Waals surface area contributed by atoms with Gasteiger partial charge >= 0.3 is 6.03 Å². The Morgan fingerprint density at radius 2 is 1.43 bits per heavy atom. The van der Waals surface area contributed by atoms with Crippen molar-refractivity contribution in [3.05, 3.63) is 89.2 Å². The van der Waals surface area contributed by atoms with Crippen LogP contribution in [-0.4, -0.2) is 66.9 Å². The van der Waals surface area contributed by atoms with E-state index in [2.05, 4.69) is 15.5 Å². The first-order valence-electron chi connectivity index (χ1n) is 13.8. The number of hydrogen-bond acceptors (Lipinski definition) is 4. The standard InChI is InChI=1S/C31H34FN5O3/c1-22-6-5-7-25(20-22)34-31(40)37-18-16-35(17-19-37)28-13-12-26(33-29(38)23-8-10-24(32)11-9-23)21-27(28)30(39)36-14-3-2-4-15-36/h5-13,20-21H,2-4,14-19H2,1H3,(H,33,38)(H,34,40). The monoisotopic (exact) mass is 543 g/mol. The highest BCUT2D eigenvalue weighted by atomic mass is 19.1. The number of rotatable bonds is 5. The van der Waals surface area contributed by atoms with Crippen molar-refractivity contribution in [1.29, 1.82) is 0 Å². The number of anilines is 3. The summed E-state index contributed by atoms with van der Waals surface area (Å²) in [5.74, 6) is -0.854. The molecule has 2 N–H and O–H groups in total. The molecule has 2 fully saturated rings. The first kappa shape index (κ1) is 27.2. The predicted octanol–water partition coefficient (Wildman–Crippen LogP) is 5.37. The molecule has 0 aliphatic carbocycles. The fourth-order valence-corrected chi connectivity index (χ4v) is 5.21. The number of hydrogen-bond donors (Lipinski definition) is 2. The summed E-state index contributed by atoms with van der Waals surface area (Å²) >= 11 is 0. The molecule has 0 saturated carbocycles. The summed E-state index contributed by atoms with van der Waals surface area (Å²) in [7, 11) is 0. The second kappa shape index (κ2) is 12.2. The number of nitrogens with zero attached hydrogens (tertiary/aromatic N) is 3. The summed E-state index contributed by atoms with van der Waals surface area (Å²) in [6, 6.07) is 18.2. The molecule has 2 heterocycles. The number of amides is 4. The average molecular weight is 544 g/mol. The van der Waals surface area contributed by atoms with Gasteiger partial charge in [-0.15, -0.1) is 0 Å². The van der Waals surface area contributed by atoms with Gasteiger partial charge in [0.2, 0.25) is 0 Å². The molecule has 2 aliphatic heterocycles. The van der Waals surface area contributed by atoms with Crippen molar-refractivity contribution in [2.75, 3.05) is 54.8 Å². The van der Waals surface area contributed by atoms with Crippen molar-refractivity contribution in [2.24, 2.45) is 0 Å². The molecule has 3 aromatic carbocycles. The number of aryl methyl sites for hydroxylation is 1. The fraction of sp³-hybridized carbons (Fsp3) is 0.323. The van der Waals surface area contributed by atoms with Gasteiger partial charge in [0, 0.05) is 61.9 Å². The van der Waals surface area contributed by atoms with Gasteiger partial charge in [-0.1, -0.05) is 12.1 Å². The Kier molecular flexibility index (Phi) is 8.28. The number of carbonyl (C=O) groups excluding carboxylic acids is 3. The Labute approximate surface area is 233 Å². The number of urea groups is 1. The number of piperazine rings is 1. The highest BCUT2D eigenvalue weighted by molar-refractivity contribution is 6.06. The third-order valence-corrected chi connectivity index (χ3v) is 7.41. The van der Waals surface area contributed by atoms with E-state index in [9.17, 15) is 18.8 Å². The smallest absolute Gasteiger partial charge is 0.321 e. The van der Waals surface area contributed by atoms with Crippen molar-refractivity contribution in [2.45, 2.75) is 26.2 Å². The maximum Gasteiger partial charge on any atom is 0.321 e. The van der Waals surface area contributed by atoms with E-state index in [1.165, 1.54) is 24.3 Å². The largest absolute Gasteiger partial charge is 0.367 e. The van der Waals surface area contributed by atoms with Crippen molar-refractivity contribution < 1.29 is 18.8 Å². The minimum Gasteiger partial charge on any atom is -0.367 e. The van der Waals surface area contributed by atoms with Crippen LogP contribution in [0.4, 0.5) is 26.2 Å². The zero-order valence-corrected chi connectivity index (χ0v) is 22.7. The van der Waals surface area contributed by atoms with Gasteiger partial charge in [-0.2, -0.15) is 0 Å². The zero-order valence-electron chi connectivity index (χ0n) is 22.7. The van der Waals surface area contributed by atoms with Gasteiger partial charge < -0.3 is 25.3 Å². The Morgan fingerprint density at radius 3 is 2.12 bits per heavy atom. The van der Waals surface area contributed by atoms with Gasteiger partial charge in [0.05, 0.1) is 5.56 Å².